The van der Waals surface area contributed by atoms with Crippen molar-refractivity contribution >= 4 is 28.3 Å². The molecule has 0 atom stereocenters. The average molecular weight is 513 g/mol. The third-order valence-corrected chi connectivity index (χ3v) is 5.11. The van der Waals surface area contributed by atoms with Crippen molar-refractivity contribution in [2.75, 3.05) is 13.2 Å². The molecular weight excluding hydrogens is 488 g/mol. The van der Waals surface area contributed by atoms with Crippen LogP contribution in [-0.2, 0) is 19.6 Å². The van der Waals surface area contributed by atoms with Gasteiger partial charge < -0.3 is 14.8 Å². The molecule has 3 nitrogen and oxygen atoms in total. The predicted octanol–water partition coefficient (Wildman–Crippen LogP) is 6.46. The highest BCUT2D eigenvalue weighted by atomic mass is 79.9. The Hall–Kier alpha value is -2.15. The van der Waals surface area contributed by atoms with Gasteiger partial charge in [0.25, 0.3) is 0 Å². The molecular formula is C24H25BrClF2NO2. The van der Waals surface area contributed by atoms with E-state index in [9.17, 15) is 8.78 Å². The molecule has 166 valence electrons. The molecule has 0 bridgehead atoms. The number of rotatable bonds is 10. The van der Waals surface area contributed by atoms with Gasteiger partial charge in [-0.3, -0.25) is 0 Å². The highest BCUT2D eigenvalue weighted by Crippen LogP contribution is 2.37. The van der Waals surface area contributed by atoms with Crippen molar-refractivity contribution < 1.29 is 18.3 Å². The second-order valence-electron chi connectivity index (χ2n) is 6.77. The summed E-state index contributed by atoms with van der Waals surface area (Å²) in [6.45, 7) is 4.00. The summed E-state index contributed by atoms with van der Waals surface area (Å²) in [7, 11) is 0. The maximum absolute atomic E-state index is 13.7. The lowest BCUT2D eigenvalue weighted by atomic mass is 10.1. The number of nitrogens with one attached hydrogen (secondary N) is 1. The van der Waals surface area contributed by atoms with Gasteiger partial charge in [-0.15, -0.1) is 12.4 Å². The Morgan fingerprint density at radius 1 is 0.935 bits per heavy atom. The number of hydrogen-bond donors (Lipinski definition) is 1. The van der Waals surface area contributed by atoms with Crippen LogP contribution in [0, 0.1) is 11.6 Å². The number of hydrogen-bond acceptors (Lipinski definition) is 3. The summed E-state index contributed by atoms with van der Waals surface area (Å²) >= 11 is 3.57. The Labute approximate surface area is 196 Å². The summed E-state index contributed by atoms with van der Waals surface area (Å²) in [6, 6.07) is 16.9. The third kappa shape index (κ3) is 7.49. The van der Waals surface area contributed by atoms with Crippen LogP contribution in [0.4, 0.5) is 8.78 Å². The number of benzene rings is 3. The minimum atomic E-state index is -0.276. The zero-order valence-electron chi connectivity index (χ0n) is 17.2. The minimum absolute atomic E-state index is 0. The fourth-order valence-corrected chi connectivity index (χ4v) is 3.62. The smallest absolute Gasteiger partial charge is 0.175 e. The van der Waals surface area contributed by atoms with Crippen LogP contribution in [0.5, 0.6) is 11.5 Å². The molecule has 0 heterocycles. The van der Waals surface area contributed by atoms with Crippen LogP contribution in [-0.4, -0.2) is 13.2 Å². The number of ether oxygens (including phenoxy) is 2. The molecule has 0 unspecified atom stereocenters. The maximum atomic E-state index is 13.7. The first-order chi connectivity index (χ1) is 14.6. The molecule has 31 heavy (non-hydrogen) atoms. The summed E-state index contributed by atoms with van der Waals surface area (Å²) in [5.74, 6) is 0.793. The van der Waals surface area contributed by atoms with Gasteiger partial charge >= 0.3 is 0 Å². The predicted molar refractivity (Wildman–Crippen MR) is 125 cm³/mol. The average Bonchev–Trinajstić information content (AvgIpc) is 2.73. The van der Waals surface area contributed by atoms with Gasteiger partial charge in [-0.2, -0.15) is 0 Å². The summed E-state index contributed by atoms with van der Waals surface area (Å²) in [5, 5.41) is 3.34. The highest BCUT2D eigenvalue weighted by Gasteiger charge is 2.13. The van der Waals surface area contributed by atoms with Crippen molar-refractivity contribution in [3.05, 3.63) is 93.5 Å². The van der Waals surface area contributed by atoms with Crippen LogP contribution in [0.15, 0.2) is 65.1 Å². The van der Waals surface area contributed by atoms with E-state index in [1.165, 1.54) is 18.2 Å². The van der Waals surface area contributed by atoms with Crippen molar-refractivity contribution in [1.29, 1.82) is 0 Å². The highest BCUT2D eigenvalue weighted by molar-refractivity contribution is 9.10. The lowest BCUT2D eigenvalue weighted by Crippen LogP contribution is -2.17. The first-order valence-electron chi connectivity index (χ1n) is 9.83. The quantitative estimate of drug-likeness (QED) is 0.316. The van der Waals surface area contributed by atoms with E-state index in [1.807, 2.05) is 25.1 Å². The monoisotopic (exact) mass is 511 g/mol. The molecule has 0 aliphatic heterocycles. The van der Waals surface area contributed by atoms with E-state index in [2.05, 4.69) is 21.2 Å². The van der Waals surface area contributed by atoms with Gasteiger partial charge in [-0.05, 0) is 82.8 Å². The summed E-state index contributed by atoms with van der Waals surface area (Å²) in [5.41, 5.74) is 2.59. The van der Waals surface area contributed by atoms with Gasteiger partial charge in [-0.25, -0.2) is 8.78 Å². The van der Waals surface area contributed by atoms with Crippen LogP contribution in [0.25, 0.3) is 0 Å². The lowest BCUT2D eigenvalue weighted by Gasteiger charge is -2.16. The fraction of sp³-hybridized carbons (Fsp3) is 0.250. The van der Waals surface area contributed by atoms with Crippen LogP contribution in [0.1, 0.15) is 23.6 Å². The van der Waals surface area contributed by atoms with Crippen LogP contribution in [0.3, 0.4) is 0 Å². The van der Waals surface area contributed by atoms with E-state index < -0.39 is 0 Å². The van der Waals surface area contributed by atoms with Crippen molar-refractivity contribution in [1.82, 2.24) is 5.32 Å². The Balaban J connectivity index is 0.00000341. The first-order valence-corrected chi connectivity index (χ1v) is 10.6. The van der Waals surface area contributed by atoms with E-state index in [1.54, 1.807) is 24.3 Å². The molecule has 3 aromatic carbocycles. The molecule has 0 radical (unpaired) electrons. The SMILES string of the molecule is CCOc1cc(CNCCc2ccccc2F)cc(Br)c1OCc1ccc(F)cc1.Cl. The molecule has 0 saturated heterocycles. The molecule has 0 fully saturated rings. The zero-order valence-corrected chi connectivity index (χ0v) is 19.6. The number of halogens is 4. The molecule has 0 saturated carbocycles. The zero-order chi connectivity index (χ0) is 21.3. The van der Waals surface area contributed by atoms with Gasteiger partial charge in [0.2, 0.25) is 0 Å². The Morgan fingerprint density at radius 3 is 2.39 bits per heavy atom. The van der Waals surface area contributed by atoms with Crippen LogP contribution in [0.2, 0.25) is 0 Å². The summed E-state index contributed by atoms with van der Waals surface area (Å²) in [4.78, 5) is 0. The first kappa shape index (κ1) is 25.1. The van der Waals surface area contributed by atoms with Gasteiger partial charge in [0.05, 0.1) is 11.1 Å². The molecule has 0 spiro atoms. The van der Waals surface area contributed by atoms with Gasteiger partial charge in [0.1, 0.15) is 18.2 Å². The second kappa shape index (κ2) is 12.6. The standard InChI is InChI=1S/C24H24BrF2NO2.ClH/c1-2-29-23-14-18(15-28-12-11-19-5-3-4-6-22(19)27)13-21(25)24(23)30-16-17-7-9-20(26)10-8-17;/h3-10,13-14,28H,2,11-12,15-16H2,1H3;1H. The largest absolute Gasteiger partial charge is 0.490 e. The molecule has 1 N–H and O–H groups in total. The molecule has 0 aliphatic carbocycles. The molecule has 3 aromatic rings. The van der Waals surface area contributed by atoms with Crippen molar-refractivity contribution in [2.45, 2.75) is 26.5 Å². The van der Waals surface area contributed by atoms with Crippen molar-refractivity contribution in [3.63, 3.8) is 0 Å². The van der Waals surface area contributed by atoms with Crippen LogP contribution < -0.4 is 14.8 Å². The molecule has 0 aliphatic rings. The van der Waals surface area contributed by atoms with E-state index >= 15 is 0 Å². The Kier molecular flexibility index (Phi) is 10.2. The summed E-state index contributed by atoms with van der Waals surface area (Å²) < 4.78 is 39.3. The molecule has 0 aromatic heterocycles. The molecule has 0 amide bonds. The second-order valence-corrected chi connectivity index (χ2v) is 7.63. The normalized spacial score (nSPS) is 10.5. The van der Waals surface area contributed by atoms with Gasteiger partial charge in [0, 0.05) is 6.54 Å². The summed E-state index contributed by atoms with van der Waals surface area (Å²) in [6.07, 6.45) is 0.616. The molecule has 7 heteroatoms. The Bertz CT molecular complexity index is 970. The van der Waals surface area contributed by atoms with E-state index in [0.717, 1.165) is 15.6 Å². The van der Waals surface area contributed by atoms with E-state index in [4.69, 9.17) is 9.47 Å². The molecule has 3 rings (SSSR count). The minimum Gasteiger partial charge on any atom is -0.490 e. The lowest BCUT2D eigenvalue weighted by molar-refractivity contribution is 0.267. The maximum Gasteiger partial charge on any atom is 0.175 e. The fourth-order valence-electron chi connectivity index (χ4n) is 3.02. The topological polar surface area (TPSA) is 30.5 Å². The van der Waals surface area contributed by atoms with Crippen molar-refractivity contribution in [3.8, 4) is 11.5 Å². The van der Waals surface area contributed by atoms with Crippen LogP contribution >= 0.6 is 28.3 Å². The van der Waals surface area contributed by atoms with E-state index in [0.29, 0.717) is 49.8 Å². The Morgan fingerprint density at radius 2 is 1.68 bits per heavy atom. The van der Waals surface area contributed by atoms with Crippen molar-refractivity contribution in [2.24, 2.45) is 0 Å². The van der Waals surface area contributed by atoms with Gasteiger partial charge in [0.15, 0.2) is 11.5 Å². The van der Waals surface area contributed by atoms with Gasteiger partial charge in [-0.1, -0.05) is 30.3 Å². The van der Waals surface area contributed by atoms with E-state index in [-0.39, 0.29) is 24.0 Å². The third-order valence-electron chi connectivity index (χ3n) is 4.52.